The lowest BCUT2D eigenvalue weighted by atomic mass is 10.0. The van der Waals surface area contributed by atoms with Gasteiger partial charge in [-0.3, -0.25) is 9.71 Å². The third-order valence-corrected chi connectivity index (χ3v) is 6.53. The van der Waals surface area contributed by atoms with E-state index in [1.165, 1.54) is 0 Å². The van der Waals surface area contributed by atoms with Crippen molar-refractivity contribution in [1.29, 1.82) is 0 Å². The molecule has 0 aliphatic carbocycles. The fraction of sp³-hybridized carbons (Fsp3) is 0.130. The molecule has 0 aliphatic heterocycles. The van der Waals surface area contributed by atoms with Crippen molar-refractivity contribution < 1.29 is 8.42 Å². The summed E-state index contributed by atoms with van der Waals surface area (Å²) < 4.78 is 28.7. The molecule has 0 saturated carbocycles. The Morgan fingerprint density at radius 3 is 2.17 bits per heavy atom. The van der Waals surface area contributed by atoms with E-state index < -0.39 is 15.3 Å². The number of benzene rings is 2. The molecule has 1 N–H and O–H groups in total. The number of nitrogens with zero attached hydrogens (tertiary/aromatic N) is 3. The second-order valence-electron chi connectivity index (χ2n) is 7.18. The number of anilines is 1. The first-order valence-electron chi connectivity index (χ1n) is 9.61. The number of hydrogen-bond donors (Lipinski definition) is 1. The maximum atomic E-state index is 12.1. The number of pyridine rings is 1. The van der Waals surface area contributed by atoms with Gasteiger partial charge in [0.05, 0.1) is 10.9 Å². The molecule has 4 aromatic rings. The Labute approximate surface area is 176 Å². The average Bonchev–Trinajstić information content (AvgIpc) is 3.21. The van der Waals surface area contributed by atoms with Gasteiger partial charge < -0.3 is 0 Å². The number of nitrogens with one attached hydrogen (secondary N) is 1. The third-order valence-electron chi connectivity index (χ3n) is 4.77. The summed E-state index contributed by atoms with van der Waals surface area (Å²) in [6, 6.07) is 21.1. The molecule has 4 rings (SSSR count). The van der Waals surface area contributed by atoms with Crippen LogP contribution in [0.15, 0.2) is 85.3 Å². The van der Waals surface area contributed by atoms with Crippen LogP contribution in [0.5, 0.6) is 0 Å². The molecule has 7 heteroatoms. The van der Waals surface area contributed by atoms with E-state index >= 15 is 0 Å². The maximum Gasteiger partial charge on any atom is 0.235 e. The fourth-order valence-corrected chi connectivity index (χ4v) is 3.72. The van der Waals surface area contributed by atoms with Crippen molar-refractivity contribution in [2.75, 3.05) is 4.72 Å². The van der Waals surface area contributed by atoms with E-state index in [0.717, 1.165) is 28.1 Å². The molecule has 0 spiro atoms. The summed E-state index contributed by atoms with van der Waals surface area (Å²) >= 11 is 0. The van der Waals surface area contributed by atoms with Crippen LogP contribution in [-0.2, 0) is 10.0 Å². The van der Waals surface area contributed by atoms with Gasteiger partial charge in [0, 0.05) is 35.4 Å². The minimum absolute atomic E-state index is 0.500. The molecular weight excluding hydrogens is 396 g/mol. The number of para-hydroxylation sites is 1. The van der Waals surface area contributed by atoms with Crippen molar-refractivity contribution in [2.24, 2.45) is 0 Å². The van der Waals surface area contributed by atoms with E-state index in [2.05, 4.69) is 9.71 Å². The van der Waals surface area contributed by atoms with Gasteiger partial charge in [-0.15, -0.1) is 0 Å². The number of hydrogen-bond acceptors (Lipinski definition) is 4. The molecule has 30 heavy (non-hydrogen) atoms. The molecule has 0 radical (unpaired) electrons. The molecule has 6 nitrogen and oxygen atoms in total. The first kappa shape index (κ1) is 19.8. The van der Waals surface area contributed by atoms with Crippen LogP contribution < -0.4 is 4.72 Å². The Hall–Kier alpha value is -3.45. The van der Waals surface area contributed by atoms with Crippen LogP contribution in [0, 0.1) is 0 Å². The Bertz CT molecular complexity index is 1230. The Morgan fingerprint density at radius 2 is 1.53 bits per heavy atom. The number of aromatic nitrogens is 3. The Balaban J connectivity index is 1.75. The second kappa shape index (κ2) is 8.12. The molecule has 0 aliphatic rings. The highest BCUT2D eigenvalue weighted by atomic mass is 32.2. The molecule has 152 valence electrons. The molecule has 0 fully saturated rings. The molecule has 2 aromatic carbocycles. The van der Waals surface area contributed by atoms with E-state index in [1.54, 1.807) is 38.4 Å². The first-order chi connectivity index (χ1) is 14.4. The molecule has 0 atom stereocenters. The monoisotopic (exact) mass is 418 g/mol. The summed E-state index contributed by atoms with van der Waals surface area (Å²) in [5.74, 6) is 0. The highest BCUT2D eigenvalue weighted by Gasteiger charge is 2.17. The van der Waals surface area contributed by atoms with Crippen LogP contribution in [0.4, 0.5) is 5.69 Å². The third kappa shape index (κ3) is 4.11. The van der Waals surface area contributed by atoms with Crippen LogP contribution in [0.1, 0.15) is 13.8 Å². The van der Waals surface area contributed by atoms with Crippen LogP contribution in [-0.4, -0.2) is 28.4 Å². The van der Waals surface area contributed by atoms with Crippen molar-refractivity contribution in [2.45, 2.75) is 19.1 Å². The summed E-state index contributed by atoms with van der Waals surface area (Å²) in [5, 5.41) is 4.31. The zero-order chi connectivity index (χ0) is 21.1. The van der Waals surface area contributed by atoms with Gasteiger partial charge in [0.15, 0.2) is 0 Å². The summed E-state index contributed by atoms with van der Waals surface area (Å²) in [6.45, 7) is 3.30. The van der Waals surface area contributed by atoms with Gasteiger partial charge >= 0.3 is 0 Å². The van der Waals surface area contributed by atoms with Crippen molar-refractivity contribution in [3.05, 3.63) is 85.3 Å². The molecule has 0 unspecified atom stereocenters. The number of rotatable bonds is 6. The zero-order valence-electron chi connectivity index (χ0n) is 16.7. The molecule has 0 amide bonds. The van der Waals surface area contributed by atoms with Crippen molar-refractivity contribution in [3.8, 4) is 28.1 Å². The van der Waals surface area contributed by atoms with Gasteiger partial charge in [0.2, 0.25) is 10.0 Å². The van der Waals surface area contributed by atoms with E-state index in [-0.39, 0.29) is 0 Å². The fourth-order valence-electron chi connectivity index (χ4n) is 3.02. The van der Waals surface area contributed by atoms with E-state index in [9.17, 15) is 8.42 Å². The molecular formula is C23H22N4O2S. The zero-order valence-corrected chi connectivity index (χ0v) is 17.5. The summed E-state index contributed by atoms with van der Waals surface area (Å²) in [7, 11) is -3.39. The largest absolute Gasteiger partial charge is 0.283 e. The highest BCUT2D eigenvalue weighted by molar-refractivity contribution is 7.93. The van der Waals surface area contributed by atoms with Crippen LogP contribution >= 0.6 is 0 Å². The van der Waals surface area contributed by atoms with Crippen LogP contribution in [0.2, 0.25) is 0 Å². The predicted octanol–water partition coefficient (Wildman–Crippen LogP) is 4.75. The smallest absolute Gasteiger partial charge is 0.235 e. The van der Waals surface area contributed by atoms with Gasteiger partial charge in [0.1, 0.15) is 5.69 Å². The maximum absolute atomic E-state index is 12.1. The lowest BCUT2D eigenvalue weighted by Crippen LogP contribution is -2.22. The quantitative estimate of drug-likeness (QED) is 0.490. The molecule has 2 heterocycles. The summed E-state index contributed by atoms with van der Waals surface area (Å²) in [4.78, 5) is 4.10. The second-order valence-corrected chi connectivity index (χ2v) is 9.42. The first-order valence-corrected chi connectivity index (χ1v) is 11.2. The predicted molar refractivity (Wildman–Crippen MR) is 120 cm³/mol. The Kier molecular flexibility index (Phi) is 5.37. The van der Waals surface area contributed by atoms with Crippen molar-refractivity contribution >= 4 is 15.7 Å². The molecule has 2 aromatic heterocycles. The summed E-state index contributed by atoms with van der Waals surface area (Å²) in [5.41, 5.74) is 5.17. The minimum Gasteiger partial charge on any atom is -0.283 e. The lowest BCUT2D eigenvalue weighted by molar-refractivity contribution is 0.593. The normalized spacial score (nSPS) is 11.6. The Morgan fingerprint density at radius 1 is 0.867 bits per heavy atom. The highest BCUT2D eigenvalue weighted by Crippen LogP contribution is 2.32. The SMILES string of the molecule is CC(C)S(=O)(=O)Nc1ccc(-c2cn(-c3ccccc3)nc2-c2ccncc2)cc1. The van der Waals surface area contributed by atoms with Crippen LogP contribution in [0.25, 0.3) is 28.1 Å². The van der Waals surface area contributed by atoms with Gasteiger partial charge in [0.25, 0.3) is 0 Å². The van der Waals surface area contributed by atoms with Crippen LogP contribution in [0.3, 0.4) is 0 Å². The van der Waals surface area contributed by atoms with E-state index in [0.29, 0.717) is 5.69 Å². The van der Waals surface area contributed by atoms with E-state index in [4.69, 9.17) is 5.10 Å². The van der Waals surface area contributed by atoms with E-state index in [1.807, 2.05) is 65.5 Å². The average molecular weight is 419 g/mol. The van der Waals surface area contributed by atoms with Gasteiger partial charge in [-0.2, -0.15) is 5.10 Å². The molecule has 0 saturated heterocycles. The van der Waals surface area contributed by atoms with Gasteiger partial charge in [-0.25, -0.2) is 13.1 Å². The van der Waals surface area contributed by atoms with Gasteiger partial charge in [-0.1, -0.05) is 30.3 Å². The van der Waals surface area contributed by atoms with Crippen molar-refractivity contribution in [1.82, 2.24) is 14.8 Å². The lowest BCUT2D eigenvalue weighted by Gasteiger charge is -2.11. The summed E-state index contributed by atoms with van der Waals surface area (Å²) in [6.07, 6.45) is 5.47. The van der Waals surface area contributed by atoms with Crippen molar-refractivity contribution in [3.63, 3.8) is 0 Å². The molecule has 0 bridgehead atoms. The van der Waals surface area contributed by atoms with Gasteiger partial charge in [-0.05, 0) is 55.8 Å². The topological polar surface area (TPSA) is 76.9 Å². The number of sulfonamides is 1. The minimum atomic E-state index is -3.39. The standard InChI is InChI=1S/C23H22N4O2S/c1-17(2)30(28,29)26-20-10-8-18(9-11-20)22-16-27(21-6-4-3-5-7-21)25-23(22)19-12-14-24-15-13-19/h3-17,26H,1-2H3.